The Labute approximate surface area is 142 Å². The predicted molar refractivity (Wildman–Crippen MR) is 95.5 cm³/mol. The van der Waals surface area contributed by atoms with E-state index in [1.165, 1.54) is 9.25 Å². The Kier molecular flexibility index (Phi) is 4.69. The van der Waals surface area contributed by atoms with Crippen molar-refractivity contribution in [2.75, 3.05) is 5.32 Å². The highest BCUT2D eigenvalue weighted by Gasteiger charge is 2.22. The molecule has 0 spiro atoms. The van der Waals surface area contributed by atoms with Gasteiger partial charge in [0.1, 0.15) is 12.4 Å². The van der Waals surface area contributed by atoms with Crippen molar-refractivity contribution in [1.82, 2.24) is 14.3 Å². The van der Waals surface area contributed by atoms with Crippen LogP contribution in [0.5, 0.6) is 0 Å². The van der Waals surface area contributed by atoms with Gasteiger partial charge in [0.05, 0.1) is 5.54 Å². The van der Waals surface area contributed by atoms with Gasteiger partial charge in [-0.25, -0.2) is 9.48 Å². The summed E-state index contributed by atoms with van der Waals surface area (Å²) in [6.07, 6.45) is 0. The van der Waals surface area contributed by atoms with Gasteiger partial charge in [-0.15, -0.1) is 0 Å². The lowest BCUT2D eigenvalue weighted by Gasteiger charge is -2.17. The summed E-state index contributed by atoms with van der Waals surface area (Å²) >= 11 is 0. The molecule has 0 aliphatic rings. The van der Waals surface area contributed by atoms with Crippen molar-refractivity contribution in [3.05, 3.63) is 45.1 Å². The lowest BCUT2D eigenvalue weighted by atomic mass is 10.1. The Morgan fingerprint density at radius 1 is 1.12 bits per heavy atom. The van der Waals surface area contributed by atoms with E-state index >= 15 is 0 Å². The first-order valence-electron chi connectivity index (χ1n) is 8.05. The number of amides is 1. The summed E-state index contributed by atoms with van der Waals surface area (Å²) in [5.74, 6) is 0.297. The molecule has 0 saturated heterocycles. The Morgan fingerprint density at radius 3 is 2.12 bits per heavy atom. The van der Waals surface area contributed by atoms with Gasteiger partial charge in [0.25, 0.3) is 0 Å². The molecular formula is C18H26N4O2. The molecule has 0 radical (unpaired) electrons. The number of nitrogens with one attached hydrogen (secondary N) is 1. The first kappa shape index (κ1) is 18.0. The minimum Gasteiger partial charge on any atom is -0.324 e. The Bertz CT molecular complexity index is 815. The summed E-state index contributed by atoms with van der Waals surface area (Å²) in [6.45, 7) is 13.4. The molecule has 0 fully saturated rings. The van der Waals surface area contributed by atoms with Gasteiger partial charge >= 0.3 is 5.69 Å². The van der Waals surface area contributed by atoms with Gasteiger partial charge in [0.2, 0.25) is 5.91 Å². The lowest BCUT2D eigenvalue weighted by molar-refractivity contribution is -0.116. The van der Waals surface area contributed by atoms with Crippen LogP contribution in [0.3, 0.4) is 0 Å². The van der Waals surface area contributed by atoms with Crippen molar-refractivity contribution >= 4 is 11.6 Å². The van der Waals surface area contributed by atoms with Crippen LogP contribution in [-0.4, -0.2) is 20.3 Å². The third-order valence-electron chi connectivity index (χ3n) is 3.93. The third kappa shape index (κ3) is 3.58. The number of aromatic nitrogens is 3. The Balaban J connectivity index is 2.26. The Morgan fingerprint density at radius 2 is 1.67 bits per heavy atom. The van der Waals surface area contributed by atoms with Gasteiger partial charge in [-0.3, -0.25) is 9.36 Å². The van der Waals surface area contributed by atoms with E-state index in [1.54, 1.807) is 6.92 Å². The van der Waals surface area contributed by atoms with Crippen LogP contribution in [0.4, 0.5) is 5.69 Å². The van der Waals surface area contributed by atoms with E-state index < -0.39 is 5.54 Å². The van der Waals surface area contributed by atoms with Crippen molar-refractivity contribution in [2.45, 2.75) is 60.5 Å². The van der Waals surface area contributed by atoms with Crippen molar-refractivity contribution < 1.29 is 4.79 Å². The number of hydrogen-bond acceptors (Lipinski definition) is 3. The lowest BCUT2D eigenvalue weighted by Crippen LogP contribution is -2.37. The maximum atomic E-state index is 12.5. The Hall–Kier alpha value is -2.37. The normalized spacial score (nSPS) is 11.6. The molecule has 2 rings (SSSR count). The molecule has 2 aromatic rings. The van der Waals surface area contributed by atoms with Crippen molar-refractivity contribution in [3.8, 4) is 0 Å². The molecule has 0 aliphatic heterocycles. The number of carbonyl (C=O) groups excluding carboxylic acids is 1. The predicted octanol–water partition coefficient (Wildman–Crippen LogP) is 2.67. The number of aryl methyl sites for hydroxylation is 4. The summed E-state index contributed by atoms with van der Waals surface area (Å²) in [6, 6.07) is 4.05. The molecule has 130 valence electrons. The molecule has 1 aromatic heterocycles. The van der Waals surface area contributed by atoms with Crippen LogP contribution in [0.1, 0.15) is 43.3 Å². The quantitative estimate of drug-likeness (QED) is 0.941. The van der Waals surface area contributed by atoms with E-state index in [0.29, 0.717) is 5.82 Å². The highest BCUT2D eigenvalue weighted by Crippen LogP contribution is 2.21. The minimum atomic E-state index is -0.423. The third-order valence-corrected chi connectivity index (χ3v) is 3.93. The number of anilines is 1. The average molecular weight is 330 g/mol. The summed E-state index contributed by atoms with van der Waals surface area (Å²) in [4.78, 5) is 24.9. The van der Waals surface area contributed by atoms with E-state index in [1.807, 2.05) is 53.7 Å². The molecule has 1 amide bonds. The zero-order chi connectivity index (χ0) is 18.2. The van der Waals surface area contributed by atoms with Crippen LogP contribution >= 0.6 is 0 Å². The van der Waals surface area contributed by atoms with Gasteiger partial charge in [-0.1, -0.05) is 17.7 Å². The molecule has 6 heteroatoms. The van der Waals surface area contributed by atoms with Crippen molar-refractivity contribution in [2.24, 2.45) is 0 Å². The summed E-state index contributed by atoms with van der Waals surface area (Å²) < 4.78 is 2.82. The van der Waals surface area contributed by atoms with Crippen LogP contribution in [0.25, 0.3) is 0 Å². The molecule has 24 heavy (non-hydrogen) atoms. The molecule has 0 bridgehead atoms. The van der Waals surface area contributed by atoms with Gasteiger partial charge in [0.15, 0.2) is 0 Å². The fourth-order valence-electron chi connectivity index (χ4n) is 2.81. The van der Waals surface area contributed by atoms with Crippen LogP contribution in [-0.2, 0) is 16.9 Å². The maximum absolute atomic E-state index is 12.5. The fraction of sp³-hybridized carbons (Fsp3) is 0.500. The number of hydrogen-bond donors (Lipinski definition) is 1. The van der Waals surface area contributed by atoms with Gasteiger partial charge in [-0.05, 0) is 59.6 Å². The molecule has 0 aliphatic carbocycles. The van der Waals surface area contributed by atoms with E-state index in [2.05, 4.69) is 10.4 Å². The molecule has 1 N–H and O–H groups in total. The molecule has 0 atom stereocenters. The van der Waals surface area contributed by atoms with Crippen molar-refractivity contribution in [3.63, 3.8) is 0 Å². The topological polar surface area (TPSA) is 68.9 Å². The largest absolute Gasteiger partial charge is 0.346 e. The van der Waals surface area contributed by atoms with E-state index in [0.717, 1.165) is 22.4 Å². The van der Waals surface area contributed by atoms with Gasteiger partial charge in [-0.2, -0.15) is 5.10 Å². The van der Waals surface area contributed by atoms with E-state index in [4.69, 9.17) is 0 Å². The molecule has 1 aromatic carbocycles. The van der Waals surface area contributed by atoms with E-state index in [-0.39, 0.29) is 18.1 Å². The highest BCUT2D eigenvalue weighted by molar-refractivity contribution is 5.92. The van der Waals surface area contributed by atoms with Crippen LogP contribution in [0, 0.1) is 27.7 Å². The molecule has 0 saturated carbocycles. The second-order valence-electron chi connectivity index (χ2n) is 7.32. The molecule has 1 heterocycles. The van der Waals surface area contributed by atoms with Crippen molar-refractivity contribution in [1.29, 1.82) is 0 Å². The first-order valence-corrected chi connectivity index (χ1v) is 8.05. The minimum absolute atomic E-state index is 0.0481. The summed E-state index contributed by atoms with van der Waals surface area (Å²) in [5.41, 5.74) is 3.28. The number of carbonyl (C=O) groups is 1. The number of benzene rings is 1. The molecule has 0 unspecified atom stereocenters. The highest BCUT2D eigenvalue weighted by atomic mass is 16.2. The summed E-state index contributed by atoms with van der Waals surface area (Å²) in [7, 11) is 0. The standard InChI is InChI=1S/C18H26N4O2/c1-11-8-12(2)16(13(3)9-11)19-15(23)10-21-14(4)20-22(17(21)24)18(5,6)7/h8-9H,10H2,1-7H3,(H,19,23). The number of nitrogens with zero attached hydrogens (tertiary/aromatic N) is 3. The fourth-order valence-corrected chi connectivity index (χ4v) is 2.81. The second-order valence-corrected chi connectivity index (χ2v) is 7.32. The van der Waals surface area contributed by atoms with Gasteiger partial charge < -0.3 is 5.32 Å². The smallest absolute Gasteiger partial charge is 0.324 e. The first-order chi connectivity index (χ1) is 11.0. The summed E-state index contributed by atoms with van der Waals surface area (Å²) in [5, 5.41) is 7.20. The molecule has 6 nitrogen and oxygen atoms in total. The van der Waals surface area contributed by atoms with Gasteiger partial charge in [0, 0.05) is 5.69 Å². The zero-order valence-corrected chi connectivity index (χ0v) is 15.5. The van der Waals surface area contributed by atoms with Crippen LogP contribution in [0.2, 0.25) is 0 Å². The average Bonchev–Trinajstić information content (AvgIpc) is 2.70. The molecular weight excluding hydrogens is 304 g/mol. The number of rotatable bonds is 3. The SMILES string of the molecule is Cc1cc(C)c(NC(=O)Cn2c(C)nn(C(C)(C)C)c2=O)c(C)c1. The monoisotopic (exact) mass is 330 g/mol. The van der Waals surface area contributed by atoms with E-state index in [9.17, 15) is 9.59 Å². The maximum Gasteiger partial charge on any atom is 0.346 e. The van der Waals surface area contributed by atoms with Crippen LogP contribution < -0.4 is 11.0 Å². The zero-order valence-electron chi connectivity index (χ0n) is 15.5. The second kappa shape index (κ2) is 6.26. The van der Waals surface area contributed by atoms with Crippen LogP contribution in [0.15, 0.2) is 16.9 Å².